The molecule has 84 valence electrons. The molecule has 1 heterocycles. The first-order valence-electron chi connectivity index (χ1n) is 5.51. The minimum atomic E-state index is 0.946. The van der Waals surface area contributed by atoms with Crippen LogP contribution in [0.2, 0.25) is 0 Å². The van der Waals surface area contributed by atoms with E-state index in [0.29, 0.717) is 0 Å². The van der Waals surface area contributed by atoms with Crippen LogP contribution in [0.5, 0.6) is 0 Å². The van der Waals surface area contributed by atoms with E-state index in [4.69, 9.17) is 0 Å². The molecule has 1 aromatic carbocycles. The van der Waals surface area contributed by atoms with E-state index in [-0.39, 0.29) is 0 Å². The predicted molar refractivity (Wildman–Crippen MR) is 72.0 cm³/mol. The van der Waals surface area contributed by atoms with Crippen molar-refractivity contribution in [3.05, 3.63) is 46.3 Å². The van der Waals surface area contributed by atoms with Crippen molar-refractivity contribution in [1.82, 2.24) is 5.32 Å². The molecule has 0 fully saturated rings. The second kappa shape index (κ2) is 4.81. The van der Waals surface area contributed by atoms with Crippen molar-refractivity contribution in [1.29, 1.82) is 0 Å². The molecule has 0 atom stereocenters. The fourth-order valence-corrected chi connectivity index (χ4v) is 2.83. The normalized spacial score (nSPS) is 10.7. The van der Waals surface area contributed by atoms with Gasteiger partial charge in [0.15, 0.2) is 0 Å². The molecule has 1 aromatic heterocycles. The summed E-state index contributed by atoms with van der Waals surface area (Å²) in [7, 11) is 1.98. The Balaban J connectivity index is 2.39. The van der Waals surface area contributed by atoms with Gasteiger partial charge in [0.05, 0.1) is 0 Å². The summed E-state index contributed by atoms with van der Waals surface area (Å²) >= 11 is 1.83. The molecule has 0 unspecified atom stereocenters. The molecule has 2 heteroatoms. The van der Waals surface area contributed by atoms with Crippen molar-refractivity contribution in [2.45, 2.75) is 20.4 Å². The summed E-state index contributed by atoms with van der Waals surface area (Å²) in [5.74, 6) is 0. The van der Waals surface area contributed by atoms with E-state index in [2.05, 4.69) is 48.8 Å². The minimum Gasteiger partial charge on any atom is -0.316 e. The second-order valence-corrected chi connectivity index (χ2v) is 5.01. The van der Waals surface area contributed by atoms with Crippen LogP contribution in [0.3, 0.4) is 0 Å². The fourth-order valence-electron chi connectivity index (χ4n) is 1.83. The van der Waals surface area contributed by atoms with Crippen LogP contribution in [-0.4, -0.2) is 7.05 Å². The smallest absolute Gasteiger partial charge is 0.0348 e. The zero-order valence-corrected chi connectivity index (χ0v) is 10.8. The zero-order chi connectivity index (χ0) is 11.5. The topological polar surface area (TPSA) is 12.0 Å². The first-order valence-corrected chi connectivity index (χ1v) is 6.39. The van der Waals surface area contributed by atoms with Gasteiger partial charge in [-0.3, -0.25) is 0 Å². The molecular weight excluding hydrogens is 214 g/mol. The highest BCUT2D eigenvalue weighted by molar-refractivity contribution is 7.13. The maximum atomic E-state index is 3.18. The molecule has 2 rings (SSSR count). The second-order valence-electron chi connectivity index (χ2n) is 4.10. The molecule has 0 aliphatic heterocycles. The third-order valence-electron chi connectivity index (χ3n) is 2.90. The molecule has 1 N–H and O–H groups in total. The summed E-state index contributed by atoms with van der Waals surface area (Å²) in [4.78, 5) is 1.37. The Hall–Kier alpha value is -1.12. The monoisotopic (exact) mass is 231 g/mol. The summed E-state index contributed by atoms with van der Waals surface area (Å²) in [6.45, 7) is 5.31. The molecule has 2 aromatic rings. The van der Waals surface area contributed by atoms with Crippen molar-refractivity contribution < 1.29 is 0 Å². The van der Waals surface area contributed by atoms with Gasteiger partial charge in [0.25, 0.3) is 0 Å². The Morgan fingerprint density at radius 3 is 2.81 bits per heavy atom. The van der Waals surface area contributed by atoms with Gasteiger partial charge in [-0.25, -0.2) is 0 Å². The van der Waals surface area contributed by atoms with Crippen LogP contribution in [0.1, 0.15) is 16.7 Å². The third kappa shape index (κ3) is 2.18. The minimum absolute atomic E-state index is 0.946. The fraction of sp³-hybridized carbons (Fsp3) is 0.286. The van der Waals surface area contributed by atoms with Gasteiger partial charge in [-0.2, -0.15) is 0 Å². The van der Waals surface area contributed by atoms with Gasteiger partial charge in [-0.05, 0) is 54.6 Å². The Kier molecular flexibility index (Phi) is 3.42. The van der Waals surface area contributed by atoms with Crippen LogP contribution in [0.15, 0.2) is 29.6 Å². The van der Waals surface area contributed by atoms with E-state index in [9.17, 15) is 0 Å². The standard InChI is InChI=1S/C14H17NS/c1-10-5-4-6-13(11(10)2)14-7-12(8-15-3)9-16-14/h4-7,9,15H,8H2,1-3H3. The van der Waals surface area contributed by atoms with Crippen molar-refractivity contribution in [2.75, 3.05) is 7.05 Å². The van der Waals surface area contributed by atoms with Crippen molar-refractivity contribution in [3.8, 4) is 10.4 Å². The highest BCUT2D eigenvalue weighted by atomic mass is 32.1. The lowest BCUT2D eigenvalue weighted by molar-refractivity contribution is 0.821. The highest BCUT2D eigenvalue weighted by Gasteiger charge is 2.06. The number of benzene rings is 1. The molecule has 0 amide bonds. The lowest BCUT2D eigenvalue weighted by Crippen LogP contribution is -2.03. The first kappa shape index (κ1) is 11.4. The quantitative estimate of drug-likeness (QED) is 0.848. The summed E-state index contributed by atoms with van der Waals surface area (Å²) in [6.07, 6.45) is 0. The van der Waals surface area contributed by atoms with Gasteiger partial charge < -0.3 is 5.32 Å². The van der Waals surface area contributed by atoms with Crippen LogP contribution in [0, 0.1) is 13.8 Å². The van der Waals surface area contributed by atoms with Gasteiger partial charge in [0.1, 0.15) is 0 Å². The summed E-state index contributed by atoms with van der Waals surface area (Å²) in [5.41, 5.74) is 5.48. The number of rotatable bonds is 3. The van der Waals surface area contributed by atoms with Crippen LogP contribution in [0.4, 0.5) is 0 Å². The summed E-state index contributed by atoms with van der Waals surface area (Å²) in [6, 6.07) is 8.79. The Morgan fingerprint density at radius 2 is 2.06 bits per heavy atom. The number of hydrogen-bond donors (Lipinski definition) is 1. The van der Waals surface area contributed by atoms with Crippen molar-refractivity contribution in [3.63, 3.8) is 0 Å². The maximum Gasteiger partial charge on any atom is 0.0348 e. The average molecular weight is 231 g/mol. The number of nitrogens with one attached hydrogen (secondary N) is 1. The van der Waals surface area contributed by atoms with Gasteiger partial charge in [-0.1, -0.05) is 18.2 Å². The van der Waals surface area contributed by atoms with Crippen molar-refractivity contribution >= 4 is 11.3 Å². The van der Waals surface area contributed by atoms with Crippen molar-refractivity contribution in [2.24, 2.45) is 0 Å². The van der Waals surface area contributed by atoms with Gasteiger partial charge in [-0.15, -0.1) is 11.3 Å². The van der Waals surface area contributed by atoms with Gasteiger partial charge >= 0.3 is 0 Å². The highest BCUT2D eigenvalue weighted by Crippen LogP contribution is 2.30. The van der Waals surface area contributed by atoms with E-state index in [0.717, 1.165) is 6.54 Å². The Bertz CT molecular complexity index is 485. The lowest BCUT2D eigenvalue weighted by atomic mass is 10.0. The van der Waals surface area contributed by atoms with E-state index < -0.39 is 0 Å². The molecule has 0 spiro atoms. The molecule has 1 nitrogen and oxygen atoms in total. The van der Waals surface area contributed by atoms with Crippen LogP contribution in [0.25, 0.3) is 10.4 Å². The molecule has 0 saturated carbocycles. The Labute approximate surface area is 101 Å². The lowest BCUT2D eigenvalue weighted by Gasteiger charge is -2.05. The molecule has 0 aliphatic rings. The predicted octanol–water partition coefficient (Wildman–Crippen LogP) is 3.75. The van der Waals surface area contributed by atoms with Crippen LogP contribution >= 0.6 is 11.3 Å². The van der Waals surface area contributed by atoms with Gasteiger partial charge in [0.2, 0.25) is 0 Å². The molecule has 0 aliphatic carbocycles. The molecule has 0 radical (unpaired) electrons. The molecule has 0 bridgehead atoms. The van der Waals surface area contributed by atoms with Crippen LogP contribution < -0.4 is 5.32 Å². The van der Waals surface area contributed by atoms with Gasteiger partial charge in [0, 0.05) is 11.4 Å². The van der Waals surface area contributed by atoms with Crippen LogP contribution in [-0.2, 0) is 6.54 Å². The molecule has 16 heavy (non-hydrogen) atoms. The van der Waals surface area contributed by atoms with E-state index in [1.54, 1.807) is 0 Å². The first-order chi connectivity index (χ1) is 7.72. The summed E-state index contributed by atoms with van der Waals surface area (Å²) in [5, 5.41) is 5.41. The third-order valence-corrected chi connectivity index (χ3v) is 3.92. The molecule has 0 saturated heterocycles. The maximum absolute atomic E-state index is 3.18. The number of thiophene rings is 1. The SMILES string of the molecule is CNCc1csc(-c2cccc(C)c2C)c1. The molecular formula is C14H17NS. The number of hydrogen-bond acceptors (Lipinski definition) is 2. The summed E-state index contributed by atoms with van der Waals surface area (Å²) < 4.78 is 0. The Morgan fingerprint density at radius 1 is 1.25 bits per heavy atom. The van der Waals surface area contributed by atoms with E-state index in [1.165, 1.54) is 27.1 Å². The largest absolute Gasteiger partial charge is 0.316 e. The number of aryl methyl sites for hydroxylation is 1. The zero-order valence-electron chi connectivity index (χ0n) is 10.0. The van der Waals surface area contributed by atoms with E-state index in [1.807, 2.05) is 18.4 Å². The van der Waals surface area contributed by atoms with E-state index >= 15 is 0 Å². The average Bonchev–Trinajstić information content (AvgIpc) is 2.71.